The monoisotopic (exact) mass is 440 g/mol. The van der Waals surface area contributed by atoms with E-state index in [0.29, 0.717) is 26.2 Å². The molecule has 0 radical (unpaired) electrons. The van der Waals surface area contributed by atoms with Crippen LogP contribution in [0.1, 0.15) is 5.56 Å². The van der Waals surface area contributed by atoms with Gasteiger partial charge < -0.3 is 14.5 Å². The van der Waals surface area contributed by atoms with Crippen molar-refractivity contribution in [3.05, 3.63) is 71.0 Å². The number of hydrogen-bond acceptors (Lipinski definition) is 5. The van der Waals surface area contributed by atoms with Crippen LogP contribution in [-0.4, -0.2) is 54.3 Å². The quantitative estimate of drug-likeness (QED) is 0.603. The Morgan fingerprint density at radius 2 is 1.84 bits per heavy atom. The highest BCUT2D eigenvalue weighted by atomic mass is 35.5. The molecule has 2 aromatic carbocycles. The van der Waals surface area contributed by atoms with E-state index >= 15 is 0 Å². The number of benzene rings is 2. The van der Waals surface area contributed by atoms with E-state index in [1.165, 1.54) is 12.1 Å². The van der Waals surface area contributed by atoms with Gasteiger partial charge in [-0.3, -0.25) is 4.79 Å². The Kier molecular flexibility index (Phi) is 6.32. The summed E-state index contributed by atoms with van der Waals surface area (Å²) >= 11 is 6.05. The number of methoxy groups -OCH3 is 1. The van der Waals surface area contributed by atoms with Gasteiger partial charge in [-0.05, 0) is 36.4 Å². The van der Waals surface area contributed by atoms with Crippen molar-refractivity contribution >= 4 is 23.3 Å². The van der Waals surface area contributed by atoms with Gasteiger partial charge in [0, 0.05) is 42.3 Å². The van der Waals surface area contributed by atoms with Crippen LogP contribution in [0.3, 0.4) is 0 Å². The first-order valence-corrected chi connectivity index (χ1v) is 10.4. The Morgan fingerprint density at radius 3 is 2.52 bits per heavy atom. The van der Waals surface area contributed by atoms with Gasteiger partial charge in [0.05, 0.1) is 19.2 Å². The molecule has 1 aliphatic rings. The van der Waals surface area contributed by atoms with Gasteiger partial charge in [-0.2, -0.15) is 0 Å². The van der Waals surface area contributed by atoms with Crippen LogP contribution in [0, 0.1) is 5.82 Å². The minimum atomic E-state index is -0.453. The smallest absolute Gasteiger partial charge is 0.227 e. The molecule has 160 valence electrons. The standard InChI is InChI=1S/C23H22ClFN4O2/c1-31-17-5-2-4-16(14-17)21-8-9-22(27-26-21)28-10-12-29(13-11-28)23(30)15-18-19(24)6-3-7-20(18)25/h2-9,14H,10-13,15H2,1H3. The lowest BCUT2D eigenvalue weighted by Crippen LogP contribution is -2.49. The number of nitrogens with zero attached hydrogens (tertiary/aromatic N) is 4. The maximum atomic E-state index is 14.0. The highest BCUT2D eigenvalue weighted by Gasteiger charge is 2.23. The summed E-state index contributed by atoms with van der Waals surface area (Å²) in [6.07, 6.45) is -0.0411. The van der Waals surface area contributed by atoms with E-state index in [9.17, 15) is 9.18 Å². The van der Waals surface area contributed by atoms with E-state index in [-0.39, 0.29) is 22.9 Å². The normalized spacial score (nSPS) is 13.9. The number of carbonyl (C=O) groups excluding carboxylic acids is 1. The summed E-state index contributed by atoms with van der Waals surface area (Å²) in [6, 6.07) is 16.0. The predicted octanol–water partition coefficient (Wildman–Crippen LogP) is 3.84. The molecule has 31 heavy (non-hydrogen) atoms. The number of ether oxygens (including phenoxy) is 1. The average molecular weight is 441 g/mol. The molecule has 0 unspecified atom stereocenters. The summed E-state index contributed by atoms with van der Waals surface area (Å²) in [7, 11) is 1.63. The molecule has 0 N–H and O–H groups in total. The van der Waals surface area contributed by atoms with E-state index in [2.05, 4.69) is 15.1 Å². The van der Waals surface area contributed by atoms with Crippen LogP contribution >= 0.6 is 11.6 Å². The zero-order valence-corrected chi connectivity index (χ0v) is 17.8. The Bertz CT molecular complexity index is 1050. The molecule has 6 nitrogen and oxygen atoms in total. The number of aromatic nitrogens is 2. The number of rotatable bonds is 5. The van der Waals surface area contributed by atoms with Crippen LogP contribution in [0.5, 0.6) is 5.75 Å². The number of anilines is 1. The summed E-state index contributed by atoms with van der Waals surface area (Å²) in [5.74, 6) is 0.939. The SMILES string of the molecule is COc1cccc(-c2ccc(N3CCN(C(=O)Cc4c(F)cccc4Cl)CC3)nn2)c1. The second kappa shape index (κ2) is 9.31. The van der Waals surface area contributed by atoms with E-state index in [4.69, 9.17) is 16.3 Å². The first-order chi connectivity index (χ1) is 15.0. The van der Waals surface area contributed by atoms with Crippen molar-refractivity contribution in [2.24, 2.45) is 0 Å². The van der Waals surface area contributed by atoms with Crippen LogP contribution in [0.15, 0.2) is 54.6 Å². The lowest BCUT2D eigenvalue weighted by molar-refractivity contribution is -0.130. The molecule has 1 aliphatic heterocycles. The number of carbonyl (C=O) groups is 1. The summed E-state index contributed by atoms with van der Waals surface area (Å²) in [5.41, 5.74) is 1.94. The molecule has 0 saturated carbocycles. The van der Waals surface area contributed by atoms with E-state index in [1.807, 2.05) is 36.4 Å². The predicted molar refractivity (Wildman–Crippen MR) is 118 cm³/mol. The number of piperazine rings is 1. The molecule has 1 saturated heterocycles. The third kappa shape index (κ3) is 4.77. The van der Waals surface area contributed by atoms with Crippen LogP contribution in [-0.2, 0) is 11.2 Å². The van der Waals surface area contributed by atoms with Crippen molar-refractivity contribution in [2.75, 3.05) is 38.2 Å². The highest BCUT2D eigenvalue weighted by molar-refractivity contribution is 6.31. The maximum Gasteiger partial charge on any atom is 0.227 e. The van der Waals surface area contributed by atoms with Crippen LogP contribution in [0.2, 0.25) is 5.02 Å². The average Bonchev–Trinajstić information content (AvgIpc) is 2.81. The van der Waals surface area contributed by atoms with Crippen molar-refractivity contribution in [1.82, 2.24) is 15.1 Å². The van der Waals surface area contributed by atoms with Gasteiger partial charge in [0.25, 0.3) is 0 Å². The third-order valence-electron chi connectivity index (χ3n) is 5.36. The molecular formula is C23H22ClFN4O2. The van der Waals surface area contributed by atoms with E-state index in [1.54, 1.807) is 18.1 Å². The minimum Gasteiger partial charge on any atom is -0.497 e. The lowest BCUT2D eigenvalue weighted by Gasteiger charge is -2.35. The zero-order chi connectivity index (χ0) is 21.8. The molecule has 3 aromatic rings. The third-order valence-corrected chi connectivity index (χ3v) is 5.72. The largest absolute Gasteiger partial charge is 0.497 e. The van der Waals surface area contributed by atoms with Gasteiger partial charge in [0.1, 0.15) is 11.6 Å². The van der Waals surface area contributed by atoms with Gasteiger partial charge in [-0.15, -0.1) is 10.2 Å². The molecule has 0 spiro atoms. The molecular weight excluding hydrogens is 419 g/mol. The molecule has 0 atom stereocenters. The molecule has 2 heterocycles. The van der Waals surface area contributed by atoms with Crippen molar-refractivity contribution < 1.29 is 13.9 Å². The fourth-order valence-corrected chi connectivity index (χ4v) is 3.81. The van der Waals surface area contributed by atoms with Gasteiger partial charge in [0.2, 0.25) is 5.91 Å². The molecule has 8 heteroatoms. The summed E-state index contributed by atoms with van der Waals surface area (Å²) < 4.78 is 19.2. The minimum absolute atomic E-state index is 0.0411. The Hall–Kier alpha value is -3.19. The fraction of sp³-hybridized carbons (Fsp3) is 0.261. The molecule has 0 bridgehead atoms. The first-order valence-electron chi connectivity index (χ1n) is 9.99. The number of amides is 1. The van der Waals surface area contributed by atoms with Gasteiger partial charge in [-0.25, -0.2) is 4.39 Å². The summed E-state index contributed by atoms with van der Waals surface area (Å²) in [5, 5.41) is 8.98. The maximum absolute atomic E-state index is 14.0. The van der Waals surface area contributed by atoms with E-state index < -0.39 is 5.82 Å². The zero-order valence-electron chi connectivity index (χ0n) is 17.1. The molecule has 1 amide bonds. The van der Waals surface area contributed by atoms with E-state index in [0.717, 1.165) is 22.8 Å². The first kappa shape index (κ1) is 21.1. The Labute approximate surface area is 185 Å². The Morgan fingerprint density at radius 1 is 1.06 bits per heavy atom. The van der Waals surface area contributed by atoms with Crippen molar-refractivity contribution in [3.8, 4) is 17.0 Å². The number of halogens is 2. The number of hydrogen-bond donors (Lipinski definition) is 0. The molecule has 4 rings (SSSR count). The van der Waals surface area contributed by atoms with Crippen LogP contribution in [0.4, 0.5) is 10.2 Å². The van der Waals surface area contributed by atoms with Gasteiger partial charge >= 0.3 is 0 Å². The van der Waals surface area contributed by atoms with Gasteiger partial charge in [-0.1, -0.05) is 29.8 Å². The van der Waals surface area contributed by atoms with Crippen LogP contribution in [0.25, 0.3) is 11.3 Å². The topological polar surface area (TPSA) is 58.6 Å². The Balaban J connectivity index is 1.37. The molecule has 1 aromatic heterocycles. The molecule has 0 aliphatic carbocycles. The second-order valence-corrected chi connectivity index (χ2v) is 7.66. The lowest BCUT2D eigenvalue weighted by atomic mass is 10.1. The van der Waals surface area contributed by atoms with Crippen molar-refractivity contribution in [2.45, 2.75) is 6.42 Å². The van der Waals surface area contributed by atoms with Gasteiger partial charge in [0.15, 0.2) is 5.82 Å². The second-order valence-electron chi connectivity index (χ2n) is 7.25. The molecule has 1 fully saturated rings. The van der Waals surface area contributed by atoms with Crippen molar-refractivity contribution in [3.63, 3.8) is 0 Å². The fourth-order valence-electron chi connectivity index (χ4n) is 3.58. The van der Waals surface area contributed by atoms with Crippen molar-refractivity contribution in [1.29, 1.82) is 0 Å². The summed E-state index contributed by atoms with van der Waals surface area (Å²) in [4.78, 5) is 16.4. The van der Waals surface area contributed by atoms with Crippen LogP contribution < -0.4 is 9.64 Å². The summed E-state index contributed by atoms with van der Waals surface area (Å²) in [6.45, 7) is 2.32. The highest BCUT2D eigenvalue weighted by Crippen LogP contribution is 2.24.